The summed E-state index contributed by atoms with van der Waals surface area (Å²) in [7, 11) is 3.30. The van der Waals surface area contributed by atoms with Crippen molar-refractivity contribution in [2.45, 2.75) is 0 Å². The van der Waals surface area contributed by atoms with Crippen molar-refractivity contribution in [1.82, 2.24) is 4.90 Å². The Morgan fingerprint density at radius 2 is 1.56 bits per heavy atom. The highest BCUT2D eigenvalue weighted by Gasteiger charge is 2.10. The maximum atomic E-state index is 12.0. The molecular weight excluding hydrogens is 415 g/mol. The maximum Gasteiger partial charge on any atom is 0.262 e. The number of ether oxygens (including phenoxy) is 2. The van der Waals surface area contributed by atoms with E-state index in [0.717, 1.165) is 0 Å². The number of hydrogen-bond donors (Lipinski definition) is 1. The molecule has 0 radical (unpaired) electrons. The highest BCUT2D eigenvalue weighted by molar-refractivity contribution is 6.43. The van der Waals surface area contributed by atoms with Crippen molar-refractivity contribution in [3.05, 3.63) is 51.5 Å². The molecule has 0 aromatic heterocycles. The number of rotatable bonds is 7. The summed E-state index contributed by atoms with van der Waals surface area (Å²) >= 11 is 17.7. The Morgan fingerprint density at radius 1 is 0.926 bits per heavy atom. The van der Waals surface area contributed by atoms with Crippen LogP contribution in [-0.4, -0.2) is 44.0 Å². The van der Waals surface area contributed by atoms with Crippen molar-refractivity contribution in [3.63, 3.8) is 0 Å². The zero-order valence-corrected chi connectivity index (χ0v) is 16.9. The molecule has 0 bridgehead atoms. The molecule has 0 aliphatic rings. The van der Waals surface area contributed by atoms with Gasteiger partial charge in [0.05, 0.1) is 15.1 Å². The molecule has 0 saturated heterocycles. The number of benzene rings is 2. The lowest BCUT2D eigenvalue weighted by Gasteiger charge is -2.12. The summed E-state index contributed by atoms with van der Waals surface area (Å²) in [6, 6.07) is 9.49. The molecule has 1 N–H and O–H groups in total. The van der Waals surface area contributed by atoms with Gasteiger partial charge in [-0.05, 0) is 30.3 Å². The predicted molar refractivity (Wildman–Crippen MR) is 106 cm³/mol. The van der Waals surface area contributed by atoms with Crippen LogP contribution in [0.15, 0.2) is 36.4 Å². The molecule has 2 amide bonds. The molecule has 0 atom stereocenters. The topological polar surface area (TPSA) is 67.9 Å². The molecule has 2 rings (SSSR count). The second-order valence-electron chi connectivity index (χ2n) is 5.63. The fraction of sp³-hybridized carbons (Fsp3) is 0.222. The monoisotopic (exact) mass is 430 g/mol. The third-order valence-electron chi connectivity index (χ3n) is 3.33. The smallest absolute Gasteiger partial charge is 0.262 e. The summed E-state index contributed by atoms with van der Waals surface area (Å²) in [5, 5.41) is 3.50. The van der Waals surface area contributed by atoms with E-state index in [4.69, 9.17) is 44.3 Å². The minimum Gasteiger partial charge on any atom is -0.484 e. The SMILES string of the molecule is CN(C)C(=O)COc1ccc(NC(=O)COc2cc(Cl)c(Cl)cc2Cl)cc1. The Hall–Kier alpha value is -2.15. The van der Waals surface area contributed by atoms with Crippen LogP contribution in [0.3, 0.4) is 0 Å². The maximum absolute atomic E-state index is 12.0. The summed E-state index contributed by atoms with van der Waals surface area (Å²) in [5.74, 6) is 0.247. The zero-order valence-electron chi connectivity index (χ0n) is 14.6. The lowest BCUT2D eigenvalue weighted by atomic mass is 10.3. The van der Waals surface area contributed by atoms with Gasteiger partial charge < -0.3 is 19.7 Å². The Kier molecular flexibility index (Phi) is 7.59. The van der Waals surface area contributed by atoms with Gasteiger partial charge in [0.15, 0.2) is 13.2 Å². The van der Waals surface area contributed by atoms with Gasteiger partial charge in [0.25, 0.3) is 11.8 Å². The second kappa shape index (κ2) is 9.69. The minimum absolute atomic E-state index is 0.0586. The fourth-order valence-electron chi connectivity index (χ4n) is 1.86. The van der Waals surface area contributed by atoms with E-state index in [0.29, 0.717) is 16.5 Å². The summed E-state index contributed by atoms with van der Waals surface area (Å²) < 4.78 is 10.7. The standard InChI is InChI=1S/C18H17Cl3N2O4/c1-23(2)18(25)10-26-12-5-3-11(4-6-12)22-17(24)9-27-16-8-14(20)13(19)7-15(16)21/h3-8H,9-10H2,1-2H3,(H,22,24). The first kappa shape index (κ1) is 21.2. The Balaban J connectivity index is 1.85. The first-order valence-corrected chi connectivity index (χ1v) is 8.90. The van der Waals surface area contributed by atoms with Gasteiger partial charge in [-0.1, -0.05) is 34.8 Å². The largest absolute Gasteiger partial charge is 0.484 e. The number of nitrogens with zero attached hydrogens (tertiary/aromatic N) is 1. The number of halogens is 3. The molecule has 6 nitrogen and oxygen atoms in total. The van der Waals surface area contributed by atoms with Crippen molar-refractivity contribution < 1.29 is 19.1 Å². The van der Waals surface area contributed by atoms with E-state index in [1.165, 1.54) is 17.0 Å². The first-order chi connectivity index (χ1) is 12.8. The molecule has 9 heteroatoms. The molecule has 0 saturated carbocycles. The average Bonchev–Trinajstić information content (AvgIpc) is 2.62. The van der Waals surface area contributed by atoms with Gasteiger partial charge in [-0.3, -0.25) is 9.59 Å². The molecule has 2 aromatic carbocycles. The van der Waals surface area contributed by atoms with Crippen LogP contribution in [0.2, 0.25) is 15.1 Å². The third-order valence-corrected chi connectivity index (χ3v) is 4.35. The lowest BCUT2D eigenvalue weighted by molar-refractivity contribution is -0.130. The van der Waals surface area contributed by atoms with Gasteiger partial charge >= 0.3 is 0 Å². The van der Waals surface area contributed by atoms with Gasteiger partial charge in [-0.25, -0.2) is 0 Å². The van der Waals surface area contributed by atoms with Gasteiger partial charge in [-0.15, -0.1) is 0 Å². The van der Waals surface area contributed by atoms with E-state index in [2.05, 4.69) is 5.32 Å². The molecule has 0 aliphatic carbocycles. The van der Waals surface area contributed by atoms with E-state index in [9.17, 15) is 9.59 Å². The fourth-order valence-corrected chi connectivity index (χ4v) is 2.46. The molecule has 0 unspecified atom stereocenters. The quantitative estimate of drug-likeness (QED) is 0.669. The summed E-state index contributed by atoms with van der Waals surface area (Å²) in [4.78, 5) is 24.9. The predicted octanol–water partition coefficient (Wildman–Crippen LogP) is 4.13. The van der Waals surface area contributed by atoms with Crippen LogP contribution in [-0.2, 0) is 9.59 Å². The number of hydrogen-bond acceptors (Lipinski definition) is 4. The number of anilines is 1. The van der Waals surface area contributed by atoms with E-state index in [-0.39, 0.29) is 40.8 Å². The molecular formula is C18H17Cl3N2O4. The van der Waals surface area contributed by atoms with E-state index < -0.39 is 0 Å². The Labute approximate surface area is 171 Å². The number of amides is 2. The molecule has 0 heterocycles. The molecule has 0 spiro atoms. The van der Waals surface area contributed by atoms with E-state index >= 15 is 0 Å². The van der Waals surface area contributed by atoms with Crippen LogP contribution in [0.5, 0.6) is 11.5 Å². The van der Waals surface area contributed by atoms with Crippen LogP contribution in [0.4, 0.5) is 5.69 Å². The normalized spacial score (nSPS) is 10.3. The third kappa shape index (κ3) is 6.50. The molecule has 144 valence electrons. The number of carbonyl (C=O) groups excluding carboxylic acids is 2. The van der Waals surface area contributed by atoms with Crippen molar-refractivity contribution in [1.29, 1.82) is 0 Å². The molecule has 0 fully saturated rings. The van der Waals surface area contributed by atoms with Crippen LogP contribution in [0.1, 0.15) is 0 Å². The number of nitrogens with one attached hydrogen (secondary N) is 1. The van der Waals surface area contributed by atoms with Gasteiger partial charge in [0, 0.05) is 25.8 Å². The van der Waals surface area contributed by atoms with Gasteiger partial charge in [0.1, 0.15) is 11.5 Å². The van der Waals surface area contributed by atoms with Gasteiger partial charge in [0.2, 0.25) is 0 Å². The summed E-state index contributed by atoms with van der Waals surface area (Å²) in [5.41, 5.74) is 0.551. The Morgan fingerprint density at radius 3 is 2.19 bits per heavy atom. The number of carbonyl (C=O) groups is 2. The molecule has 2 aromatic rings. The van der Waals surface area contributed by atoms with Crippen LogP contribution in [0.25, 0.3) is 0 Å². The van der Waals surface area contributed by atoms with Crippen molar-refractivity contribution in [2.24, 2.45) is 0 Å². The van der Waals surface area contributed by atoms with E-state index in [1.54, 1.807) is 38.4 Å². The average molecular weight is 432 g/mol. The van der Waals surface area contributed by atoms with E-state index in [1.807, 2.05) is 0 Å². The van der Waals surface area contributed by atoms with Crippen LogP contribution in [0, 0.1) is 0 Å². The Bertz CT molecular complexity index is 826. The summed E-state index contributed by atoms with van der Waals surface area (Å²) in [6.07, 6.45) is 0. The highest BCUT2D eigenvalue weighted by Crippen LogP contribution is 2.33. The van der Waals surface area contributed by atoms with Crippen LogP contribution < -0.4 is 14.8 Å². The van der Waals surface area contributed by atoms with Crippen molar-refractivity contribution in [2.75, 3.05) is 32.6 Å². The lowest BCUT2D eigenvalue weighted by Crippen LogP contribution is -2.27. The van der Waals surface area contributed by atoms with Crippen molar-refractivity contribution >= 4 is 52.3 Å². The summed E-state index contributed by atoms with van der Waals surface area (Å²) in [6.45, 7) is -0.315. The van der Waals surface area contributed by atoms with Crippen molar-refractivity contribution in [3.8, 4) is 11.5 Å². The first-order valence-electron chi connectivity index (χ1n) is 7.76. The van der Waals surface area contributed by atoms with Crippen LogP contribution >= 0.6 is 34.8 Å². The molecule has 0 aliphatic heterocycles. The second-order valence-corrected chi connectivity index (χ2v) is 6.86. The molecule has 27 heavy (non-hydrogen) atoms. The highest BCUT2D eigenvalue weighted by atomic mass is 35.5. The van der Waals surface area contributed by atoms with Gasteiger partial charge in [-0.2, -0.15) is 0 Å². The zero-order chi connectivity index (χ0) is 20.0. The number of likely N-dealkylation sites (N-methyl/N-ethyl adjacent to an activating group) is 1. The minimum atomic E-state index is -0.381.